The number of aryl methyl sites for hydroxylation is 1. The summed E-state index contributed by atoms with van der Waals surface area (Å²) in [6.07, 6.45) is 1.81. The van der Waals surface area contributed by atoms with Gasteiger partial charge in [-0.2, -0.15) is 0 Å². The molecular formula is C18H13NO3S2. The number of benzene rings is 2. The lowest BCUT2D eigenvalue weighted by Gasteiger charge is -2.14. The molecule has 24 heavy (non-hydrogen) atoms. The van der Waals surface area contributed by atoms with Crippen LogP contribution >= 0.6 is 24.0 Å². The fraction of sp³-hybridized carbons (Fsp3) is 0.111. The van der Waals surface area contributed by atoms with Crippen LogP contribution in [0, 0.1) is 6.92 Å². The number of nitrogens with zero attached hydrogens (tertiary/aromatic N) is 1. The molecule has 6 heteroatoms. The SMILES string of the molecule is Cc1ccc(N2C(=O)C(=Cc3cccc4c3OCO4)SC2=S)cc1. The summed E-state index contributed by atoms with van der Waals surface area (Å²) in [5.41, 5.74) is 2.73. The molecule has 0 aromatic heterocycles. The maximum atomic E-state index is 12.8. The molecule has 2 aromatic carbocycles. The molecule has 2 aliphatic heterocycles. The van der Waals surface area contributed by atoms with Crippen molar-refractivity contribution in [3.05, 3.63) is 58.5 Å². The summed E-state index contributed by atoms with van der Waals surface area (Å²) in [5, 5.41) is 0. The van der Waals surface area contributed by atoms with Crippen LogP contribution < -0.4 is 14.4 Å². The second kappa shape index (κ2) is 5.96. The Morgan fingerprint density at radius 2 is 1.96 bits per heavy atom. The lowest BCUT2D eigenvalue weighted by Crippen LogP contribution is -2.27. The van der Waals surface area contributed by atoms with Crippen molar-refractivity contribution in [2.75, 3.05) is 11.7 Å². The molecule has 1 fully saturated rings. The molecule has 0 bridgehead atoms. The number of ether oxygens (including phenoxy) is 2. The fourth-order valence-corrected chi connectivity index (χ4v) is 3.88. The van der Waals surface area contributed by atoms with Crippen molar-refractivity contribution < 1.29 is 14.3 Å². The van der Waals surface area contributed by atoms with E-state index in [-0.39, 0.29) is 12.7 Å². The maximum Gasteiger partial charge on any atom is 0.270 e. The average molecular weight is 355 g/mol. The third kappa shape index (κ3) is 2.57. The van der Waals surface area contributed by atoms with Crippen molar-refractivity contribution in [2.45, 2.75) is 6.92 Å². The quantitative estimate of drug-likeness (QED) is 0.598. The van der Waals surface area contributed by atoms with Crippen LogP contribution in [0.2, 0.25) is 0 Å². The normalized spacial score (nSPS) is 17.9. The van der Waals surface area contributed by atoms with E-state index in [4.69, 9.17) is 21.7 Å². The highest BCUT2D eigenvalue weighted by Crippen LogP contribution is 2.40. The van der Waals surface area contributed by atoms with Gasteiger partial charge in [-0.1, -0.05) is 53.8 Å². The first-order chi connectivity index (χ1) is 11.6. The zero-order valence-corrected chi connectivity index (χ0v) is 14.4. The minimum absolute atomic E-state index is 0.120. The summed E-state index contributed by atoms with van der Waals surface area (Å²) in [4.78, 5) is 14.9. The summed E-state index contributed by atoms with van der Waals surface area (Å²) in [5.74, 6) is 1.24. The average Bonchev–Trinajstić information content (AvgIpc) is 3.15. The molecule has 1 amide bonds. The number of thiocarbonyl (C=S) groups is 1. The van der Waals surface area contributed by atoms with Crippen molar-refractivity contribution in [1.29, 1.82) is 0 Å². The highest BCUT2D eigenvalue weighted by atomic mass is 32.2. The van der Waals surface area contributed by atoms with Crippen LogP contribution in [0.5, 0.6) is 11.5 Å². The van der Waals surface area contributed by atoms with E-state index in [1.54, 1.807) is 11.0 Å². The number of para-hydroxylation sites is 1. The number of hydrogen-bond donors (Lipinski definition) is 0. The van der Waals surface area contributed by atoms with Gasteiger partial charge >= 0.3 is 0 Å². The molecule has 4 rings (SSSR count). The summed E-state index contributed by atoms with van der Waals surface area (Å²) < 4.78 is 11.4. The van der Waals surface area contributed by atoms with E-state index in [0.29, 0.717) is 20.7 Å². The highest BCUT2D eigenvalue weighted by Gasteiger charge is 2.33. The van der Waals surface area contributed by atoms with Crippen LogP contribution in [-0.4, -0.2) is 17.0 Å². The molecule has 120 valence electrons. The summed E-state index contributed by atoms with van der Waals surface area (Å²) >= 11 is 6.69. The van der Waals surface area contributed by atoms with Crippen LogP contribution in [0.15, 0.2) is 47.4 Å². The molecule has 4 nitrogen and oxygen atoms in total. The number of anilines is 1. The summed E-state index contributed by atoms with van der Waals surface area (Å²) in [6.45, 7) is 2.20. The molecule has 0 radical (unpaired) electrons. The van der Waals surface area contributed by atoms with Gasteiger partial charge in [-0.15, -0.1) is 0 Å². The summed E-state index contributed by atoms with van der Waals surface area (Å²) in [6, 6.07) is 13.4. The lowest BCUT2D eigenvalue weighted by atomic mass is 10.1. The molecule has 2 aromatic rings. The number of amides is 1. The number of carbonyl (C=O) groups excluding carboxylic acids is 1. The van der Waals surface area contributed by atoms with E-state index in [2.05, 4.69) is 0 Å². The van der Waals surface area contributed by atoms with Crippen LogP contribution in [0.4, 0.5) is 5.69 Å². The molecule has 0 atom stereocenters. The van der Waals surface area contributed by atoms with Gasteiger partial charge in [-0.3, -0.25) is 9.69 Å². The van der Waals surface area contributed by atoms with Gasteiger partial charge < -0.3 is 9.47 Å². The zero-order chi connectivity index (χ0) is 16.7. The molecular weight excluding hydrogens is 342 g/mol. The Bertz CT molecular complexity index is 874. The molecule has 2 aliphatic rings. The van der Waals surface area contributed by atoms with E-state index in [1.807, 2.05) is 49.4 Å². The minimum Gasteiger partial charge on any atom is -0.454 e. The van der Waals surface area contributed by atoms with E-state index in [9.17, 15) is 4.79 Å². The van der Waals surface area contributed by atoms with Crippen molar-refractivity contribution in [3.8, 4) is 11.5 Å². The van der Waals surface area contributed by atoms with Gasteiger partial charge in [0, 0.05) is 5.56 Å². The first-order valence-corrected chi connectivity index (χ1v) is 8.59. The van der Waals surface area contributed by atoms with Crippen LogP contribution in [0.1, 0.15) is 11.1 Å². The van der Waals surface area contributed by atoms with Crippen LogP contribution in [0.3, 0.4) is 0 Å². The first kappa shape index (κ1) is 15.2. The minimum atomic E-state index is -0.120. The van der Waals surface area contributed by atoms with Gasteiger partial charge in [0.25, 0.3) is 5.91 Å². The van der Waals surface area contributed by atoms with Gasteiger partial charge in [0.1, 0.15) is 0 Å². The standard InChI is InChI=1S/C18H13NO3S2/c1-11-5-7-13(8-6-11)19-17(20)15(24-18(19)23)9-12-3-2-4-14-16(12)22-10-21-14/h2-9H,10H2,1H3. The molecule has 0 saturated carbocycles. The third-order valence-corrected chi connectivity index (χ3v) is 5.10. The summed E-state index contributed by atoms with van der Waals surface area (Å²) in [7, 11) is 0. The topological polar surface area (TPSA) is 38.8 Å². The van der Waals surface area contributed by atoms with Gasteiger partial charge in [-0.05, 0) is 31.2 Å². The monoisotopic (exact) mass is 355 g/mol. The van der Waals surface area contributed by atoms with Gasteiger partial charge in [0.05, 0.1) is 10.6 Å². The third-order valence-electron chi connectivity index (χ3n) is 3.80. The Morgan fingerprint density at radius 3 is 2.75 bits per heavy atom. The maximum absolute atomic E-state index is 12.8. The number of hydrogen-bond acceptors (Lipinski definition) is 5. The number of carbonyl (C=O) groups is 1. The predicted molar refractivity (Wildman–Crippen MR) is 99.4 cm³/mol. The molecule has 2 heterocycles. The van der Waals surface area contributed by atoms with Crippen molar-refractivity contribution in [3.63, 3.8) is 0 Å². The molecule has 0 spiro atoms. The number of thioether (sulfide) groups is 1. The first-order valence-electron chi connectivity index (χ1n) is 7.37. The van der Waals surface area contributed by atoms with Crippen molar-refractivity contribution in [1.82, 2.24) is 0 Å². The van der Waals surface area contributed by atoms with Gasteiger partial charge in [0.2, 0.25) is 6.79 Å². The smallest absolute Gasteiger partial charge is 0.270 e. The predicted octanol–water partition coefficient (Wildman–Crippen LogP) is 4.13. The van der Waals surface area contributed by atoms with Crippen LogP contribution in [-0.2, 0) is 4.79 Å². The van der Waals surface area contributed by atoms with Crippen molar-refractivity contribution in [2.24, 2.45) is 0 Å². The lowest BCUT2D eigenvalue weighted by molar-refractivity contribution is -0.113. The van der Waals surface area contributed by atoms with Gasteiger partial charge in [0.15, 0.2) is 15.8 Å². The Morgan fingerprint density at radius 1 is 1.17 bits per heavy atom. The molecule has 1 saturated heterocycles. The molecule has 0 unspecified atom stereocenters. The largest absolute Gasteiger partial charge is 0.454 e. The second-order valence-corrected chi connectivity index (χ2v) is 7.11. The van der Waals surface area contributed by atoms with E-state index >= 15 is 0 Å². The Kier molecular flexibility index (Phi) is 3.78. The molecule has 0 aliphatic carbocycles. The second-order valence-electron chi connectivity index (χ2n) is 5.43. The highest BCUT2D eigenvalue weighted by molar-refractivity contribution is 8.27. The Balaban J connectivity index is 1.69. The van der Waals surface area contributed by atoms with E-state index in [1.165, 1.54) is 11.8 Å². The fourth-order valence-electron chi connectivity index (χ4n) is 2.59. The molecule has 0 N–H and O–H groups in total. The Hall–Kier alpha value is -2.31. The van der Waals surface area contributed by atoms with E-state index < -0.39 is 0 Å². The van der Waals surface area contributed by atoms with E-state index in [0.717, 1.165) is 16.8 Å². The number of fused-ring (bicyclic) bond motifs is 1. The Labute approximate surface area is 149 Å². The van der Waals surface area contributed by atoms with Crippen LogP contribution in [0.25, 0.3) is 6.08 Å². The van der Waals surface area contributed by atoms with Crippen molar-refractivity contribution >= 4 is 46.0 Å². The number of rotatable bonds is 2. The zero-order valence-electron chi connectivity index (χ0n) is 12.8. The van der Waals surface area contributed by atoms with Gasteiger partial charge in [-0.25, -0.2) is 0 Å².